The number of fused-ring (bicyclic) bond motifs is 4. The summed E-state index contributed by atoms with van der Waals surface area (Å²) in [6.45, 7) is 19.1. The number of nitrogens with zero attached hydrogens (tertiary/aromatic N) is 5. The van der Waals surface area contributed by atoms with Crippen molar-refractivity contribution in [2.24, 2.45) is 0 Å². The molecule has 6 heterocycles. The lowest BCUT2D eigenvalue weighted by atomic mass is 10.0. The second-order valence-electron chi connectivity index (χ2n) is 21.9. The lowest BCUT2D eigenvalue weighted by Gasteiger charge is -2.39. The van der Waals surface area contributed by atoms with Crippen LogP contribution in [-0.2, 0) is 30.9 Å². The van der Waals surface area contributed by atoms with E-state index in [1.165, 1.54) is 11.6 Å². The fourth-order valence-corrected chi connectivity index (χ4v) is 11.0. The quantitative estimate of drug-likeness (QED) is 0.101. The molecule has 420 valence electrons. The minimum absolute atomic E-state index is 0.0114. The van der Waals surface area contributed by atoms with Crippen LogP contribution in [-0.4, -0.2) is 139 Å². The molecule has 18 nitrogen and oxygen atoms in total. The van der Waals surface area contributed by atoms with Crippen molar-refractivity contribution in [3.05, 3.63) is 139 Å². The Balaban J connectivity index is 0.000000195. The van der Waals surface area contributed by atoms with Crippen molar-refractivity contribution in [2.45, 2.75) is 104 Å². The Kier molecular flexibility index (Phi) is 17.9. The number of aryl methyl sites for hydroxylation is 2. The van der Waals surface area contributed by atoms with E-state index in [2.05, 4.69) is 37.9 Å². The van der Waals surface area contributed by atoms with E-state index in [1.54, 1.807) is 41.4 Å². The van der Waals surface area contributed by atoms with Gasteiger partial charge in [-0.25, -0.2) is 4.79 Å². The number of benzene rings is 4. The van der Waals surface area contributed by atoms with Gasteiger partial charge in [0.05, 0.1) is 11.0 Å². The highest BCUT2D eigenvalue weighted by Crippen LogP contribution is 2.33. The maximum Gasteiger partial charge on any atom is 0.410 e. The van der Waals surface area contributed by atoms with Gasteiger partial charge in [0.15, 0.2) is 23.0 Å². The first-order chi connectivity index (χ1) is 38.0. The Bertz CT molecular complexity index is 3300. The van der Waals surface area contributed by atoms with Crippen LogP contribution in [0.1, 0.15) is 89.4 Å². The van der Waals surface area contributed by atoms with Gasteiger partial charge in [-0.3, -0.25) is 19.2 Å². The zero-order chi connectivity index (χ0) is 55.8. The molecule has 2 aromatic heterocycles. The van der Waals surface area contributed by atoms with Crippen molar-refractivity contribution in [3.8, 4) is 23.0 Å². The van der Waals surface area contributed by atoms with E-state index in [-0.39, 0.29) is 35.1 Å². The zero-order valence-corrected chi connectivity index (χ0v) is 46.8. The second kappa shape index (κ2) is 25.1. The van der Waals surface area contributed by atoms with E-state index in [1.807, 2.05) is 88.0 Å². The number of nitrogens with one attached hydrogen (secondary N) is 3. The number of pyridine rings is 2. The lowest BCUT2D eigenvalue weighted by molar-refractivity contribution is 0.00560. The highest BCUT2D eigenvalue weighted by Gasteiger charge is 2.32. The monoisotopic (exact) mass is 1080 g/mol. The molecule has 2 saturated heterocycles. The number of amides is 3. The van der Waals surface area contributed by atoms with Crippen molar-refractivity contribution < 1.29 is 38.1 Å². The summed E-state index contributed by atoms with van der Waals surface area (Å²) in [4.78, 5) is 70.6. The van der Waals surface area contributed by atoms with E-state index in [0.29, 0.717) is 75.5 Å². The standard InChI is InChI=1S/C33H42N4O6.C28H34N4O4/c1-22-18-26(31(39)34-5)25-7-9-30(38)36(27(25)19-22)15-14-35-12-10-24(11-13-35)37(32(40)43-33(2,3)4)21-23-6-8-28-29(20-23)42-17-16-41-28;1-19-15-23(28(34)29-2)22-4-6-27(33)32(24(22)16-19)12-11-31-9-7-21(8-10-31)30-18-20-3-5-25-26(17-20)36-14-13-35-25/h6-9,18-20,24H,10-17,21H2,1-5H3,(H,34,39);3-6,15-17,21,30H,7-14,18H2,1-2H3,(H,29,34). The van der Waals surface area contributed by atoms with Crippen LogP contribution in [0.3, 0.4) is 0 Å². The molecule has 4 aliphatic heterocycles. The van der Waals surface area contributed by atoms with E-state index >= 15 is 0 Å². The van der Waals surface area contributed by atoms with Gasteiger partial charge in [-0.15, -0.1) is 0 Å². The smallest absolute Gasteiger partial charge is 0.410 e. The van der Waals surface area contributed by atoms with Gasteiger partial charge in [-0.2, -0.15) is 0 Å². The van der Waals surface area contributed by atoms with E-state index in [9.17, 15) is 24.0 Å². The Morgan fingerprint density at radius 1 is 0.582 bits per heavy atom. The average Bonchev–Trinajstić information content (AvgIpc) is 3.44. The van der Waals surface area contributed by atoms with Crippen LogP contribution < -0.4 is 46.0 Å². The van der Waals surface area contributed by atoms with Gasteiger partial charge >= 0.3 is 6.09 Å². The highest BCUT2D eigenvalue weighted by molar-refractivity contribution is 6.07. The summed E-state index contributed by atoms with van der Waals surface area (Å²) in [6, 6.07) is 26.7. The summed E-state index contributed by atoms with van der Waals surface area (Å²) in [5.41, 5.74) is 6.05. The number of piperidine rings is 2. The van der Waals surface area contributed by atoms with E-state index in [0.717, 1.165) is 121 Å². The fourth-order valence-electron chi connectivity index (χ4n) is 11.0. The van der Waals surface area contributed by atoms with Crippen LogP contribution >= 0.6 is 0 Å². The summed E-state index contributed by atoms with van der Waals surface area (Å²) in [7, 11) is 3.23. The average molecular weight is 1080 g/mol. The number of hydrogen-bond donors (Lipinski definition) is 3. The van der Waals surface area contributed by atoms with Gasteiger partial charge in [-0.1, -0.05) is 12.1 Å². The molecule has 0 bridgehead atoms. The van der Waals surface area contributed by atoms with E-state index in [4.69, 9.17) is 23.7 Å². The molecule has 0 aliphatic carbocycles. The largest absolute Gasteiger partial charge is 0.486 e. The van der Waals surface area contributed by atoms with Crippen molar-refractivity contribution in [1.29, 1.82) is 0 Å². The lowest BCUT2D eigenvalue weighted by Crippen LogP contribution is -2.49. The summed E-state index contributed by atoms with van der Waals surface area (Å²) in [5, 5.41) is 10.7. The molecule has 0 spiro atoms. The van der Waals surface area contributed by atoms with E-state index < -0.39 is 5.60 Å². The first kappa shape index (κ1) is 56.3. The Morgan fingerprint density at radius 3 is 1.52 bits per heavy atom. The van der Waals surface area contributed by atoms with Gasteiger partial charge < -0.3 is 63.5 Å². The molecule has 3 N–H and O–H groups in total. The van der Waals surface area contributed by atoms with Gasteiger partial charge in [-0.05, 0) is 156 Å². The number of carbonyl (C=O) groups excluding carboxylic acids is 3. The van der Waals surface area contributed by atoms with Crippen LogP contribution in [0.5, 0.6) is 23.0 Å². The van der Waals surface area contributed by atoms with Crippen molar-refractivity contribution in [2.75, 3.05) is 79.8 Å². The first-order valence-electron chi connectivity index (χ1n) is 27.7. The molecule has 18 heteroatoms. The molecule has 0 saturated carbocycles. The van der Waals surface area contributed by atoms with Crippen LogP contribution in [0.4, 0.5) is 4.79 Å². The van der Waals surface area contributed by atoms with Gasteiger partial charge in [0, 0.05) is 113 Å². The molecule has 0 atom stereocenters. The number of ether oxygens (including phenoxy) is 5. The molecule has 0 unspecified atom stereocenters. The van der Waals surface area contributed by atoms with Gasteiger partial charge in [0.2, 0.25) is 0 Å². The molecule has 4 aromatic carbocycles. The molecule has 2 fully saturated rings. The van der Waals surface area contributed by atoms with Crippen LogP contribution in [0, 0.1) is 13.8 Å². The maximum atomic E-state index is 13.4. The van der Waals surface area contributed by atoms with Crippen LogP contribution in [0.25, 0.3) is 21.8 Å². The molecule has 6 aromatic rings. The van der Waals surface area contributed by atoms with Gasteiger partial charge in [0.25, 0.3) is 22.9 Å². The third-order valence-corrected chi connectivity index (χ3v) is 15.1. The molecule has 79 heavy (non-hydrogen) atoms. The molecule has 10 rings (SSSR count). The number of aromatic nitrogens is 2. The second-order valence-corrected chi connectivity index (χ2v) is 21.9. The summed E-state index contributed by atoms with van der Waals surface area (Å²) in [5.74, 6) is 2.76. The number of rotatable bonds is 14. The third kappa shape index (κ3) is 13.9. The zero-order valence-electron chi connectivity index (χ0n) is 46.8. The first-order valence-corrected chi connectivity index (χ1v) is 27.7. The summed E-state index contributed by atoms with van der Waals surface area (Å²) >= 11 is 0. The molecular formula is C61H76N8O10. The van der Waals surface area contributed by atoms with Crippen molar-refractivity contribution >= 4 is 39.7 Å². The molecular weight excluding hydrogens is 1000 g/mol. The topological polar surface area (TPSA) is 187 Å². The van der Waals surface area contributed by atoms with Gasteiger partial charge in [0.1, 0.15) is 32.0 Å². The summed E-state index contributed by atoms with van der Waals surface area (Å²) in [6.07, 6.45) is 3.37. The Morgan fingerprint density at radius 2 is 1.04 bits per heavy atom. The Labute approximate surface area is 461 Å². The van der Waals surface area contributed by atoms with Crippen LogP contribution in [0.2, 0.25) is 0 Å². The SMILES string of the molecule is CNC(=O)c1cc(C)cc2c1ccc(=O)n2CCN1CCC(N(Cc2ccc3c(c2)OCCO3)C(=O)OC(C)(C)C)CC1.CNC(=O)c1cc(C)cc2c1ccc(=O)n2CCN1CCC(NCc2ccc3c(c2)OCCO3)CC1. The Hall–Kier alpha value is -7.41. The number of hydrogen-bond acceptors (Lipinski definition) is 13. The minimum Gasteiger partial charge on any atom is -0.486 e. The normalized spacial score (nSPS) is 16.0. The fraction of sp³-hybridized carbons (Fsp3) is 0.459. The number of carbonyl (C=O) groups is 3. The third-order valence-electron chi connectivity index (χ3n) is 15.1. The van der Waals surface area contributed by atoms with Crippen LogP contribution in [0.15, 0.2) is 94.5 Å². The molecule has 3 amide bonds. The summed E-state index contributed by atoms with van der Waals surface area (Å²) < 4.78 is 32.1. The number of likely N-dealkylation sites (tertiary alicyclic amines) is 2. The predicted octanol–water partition coefficient (Wildman–Crippen LogP) is 7.04. The molecule has 4 aliphatic rings. The van der Waals surface area contributed by atoms with Crippen molar-refractivity contribution in [1.82, 2.24) is 39.8 Å². The molecule has 0 radical (unpaired) electrons. The highest BCUT2D eigenvalue weighted by atomic mass is 16.6. The maximum absolute atomic E-state index is 13.4. The van der Waals surface area contributed by atoms with Crippen molar-refractivity contribution in [3.63, 3.8) is 0 Å². The predicted molar refractivity (Wildman–Crippen MR) is 305 cm³/mol. The minimum atomic E-state index is -0.607.